The molecule has 1 saturated heterocycles. The van der Waals surface area contributed by atoms with Crippen molar-refractivity contribution in [1.82, 2.24) is 9.29 Å². The Hall–Kier alpha value is -1.23. The molecule has 1 atom stereocenters. The molecule has 29 heavy (non-hydrogen) atoms. The number of halogens is 2. The minimum absolute atomic E-state index is 0.146. The highest BCUT2D eigenvalue weighted by molar-refractivity contribution is 7.91. The van der Waals surface area contributed by atoms with Gasteiger partial charge in [-0.15, -0.1) is 11.3 Å². The van der Waals surface area contributed by atoms with Crippen LogP contribution in [-0.2, 0) is 14.8 Å². The summed E-state index contributed by atoms with van der Waals surface area (Å²) in [6.07, 6.45) is 1.95. The normalized spacial score (nSPS) is 18.2. The second-order valence-corrected chi connectivity index (χ2v) is 12.0. The van der Waals surface area contributed by atoms with Crippen LogP contribution in [0.25, 0.3) is 10.2 Å². The standard InChI is InChI=1S/C18H17Cl2N3O3S3/c1-10-11(19)5-6-13-16(10)21-18(27-13)22-17(24)12-4-2-3-9-23(12)29(25,26)15-8-7-14(20)28-15/h5-8,12H,2-4,9H2,1H3,(H,21,22,24). The molecule has 1 fully saturated rings. The second-order valence-electron chi connectivity index (χ2n) is 6.71. The first-order chi connectivity index (χ1) is 13.8. The van der Waals surface area contributed by atoms with Gasteiger partial charge in [0.1, 0.15) is 10.3 Å². The van der Waals surface area contributed by atoms with Gasteiger partial charge in [-0.3, -0.25) is 4.79 Å². The van der Waals surface area contributed by atoms with Crippen molar-refractivity contribution in [3.63, 3.8) is 0 Å². The van der Waals surface area contributed by atoms with Gasteiger partial charge in [-0.1, -0.05) is 41.0 Å². The number of nitrogens with zero attached hydrogens (tertiary/aromatic N) is 2. The Bertz CT molecular complexity index is 1190. The largest absolute Gasteiger partial charge is 0.301 e. The fraction of sp³-hybridized carbons (Fsp3) is 0.333. The number of rotatable bonds is 4. The van der Waals surface area contributed by atoms with Crippen molar-refractivity contribution < 1.29 is 13.2 Å². The van der Waals surface area contributed by atoms with Crippen molar-refractivity contribution in [3.05, 3.63) is 39.2 Å². The first-order valence-corrected chi connectivity index (χ1v) is 12.7. The van der Waals surface area contributed by atoms with Crippen LogP contribution in [0.5, 0.6) is 0 Å². The molecule has 1 amide bonds. The van der Waals surface area contributed by atoms with Gasteiger partial charge in [0.2, 0.25) is 5.91 Å². The average molecular weight is 490 g/mol. The Morgan fingerprint density at radius 3 is 2.72 bits per heavy atom. The van der Waals surface area contributed by atoms with E-state index in [0.717, 1.165) is 33.5 Å². The number of carbonyl (C=O) groups excluding carboxylic acids is 1. The number of nitrogens with one attached hydrogen (secondary N) is 1. The van der Waals surface area contributed by atoms with Crippen molar-refractivity contribution in [1.29, 1.82) is 0 Å². The predicted octanol–water partition coefficient (Wildman–Crippen LogP) is 5.15. The molecule has 6 nitrogen and oxygen atoms in total. The van der Waals surface area contributed by atoms with E-state index in [4.69, 9.17) is 23.2 Å². The van der Waals surface area contributed by atoms with Gasteiger partial charge in [0.05, 0.1) is 14.6 Å². The molecule has 3 heterocycles. The van der Waals surface area contributed by atoms with Gasteiger partial charge in [0.25, 0.3) is 10.0 Å². The first kappa shape index (κ1) is 21.0. The summed E-state index contributed by atoms with van der Waals surface area (Å²) in [7, 11) is -3.79. The number of benzene rings is 1. The summed E-state index contributed by atoms with van der Waals surface area (Å²) in [6, 6.07) is 5.89. The van der Waals surface area contributed by atoms with Crippen LogP contribution in [0.4, 0.5) is 5.13 Å². The number of anilines is 1. The zero-order valence-corrected chi connectivity index (χ0v) is 19.3. The van der Waals surface area contributed by atoms with E-state index in [1.165, 1.54) is 21.7 Å². The molecule has 1 aliphatic rings. The molecule has 0 radical (unpaired) electrons. The lowest BCUT2D eigenvalue weighted by atomic mass is 10.0. The Kier molecular flexibility index (Phi) is 5.89. The predicted molar refractivity (Wildman–Crippen MR) is 119 cm³/mol. The fourth-order valence-corrected chi connectivity index (χ4v) is 7.70. The van der Waals surface area contributed by atoms with Crippen molar-refractivity contribution in [2.24, 2.45) is 0 Å². The highest BCUT2D eigenvalue weighted by atomic mass is 35.5. The minimum Gasteiger partial charge on any atom is -0.301 e. The van der Waals surface area contributed by atoms with Crippen LogP contribution < -0.4 is 5.32 Å². The highest BCUT2D eigenvalue weighted by Gasteiger charge is 2.38. The molecule has 4 rings (SSSR count). The molecule has 1 aromatic carbocycles. The van der Waals surface area contributed by atoms with Gasteiger partial charge in [0.15, 0.2) is 5.13 Å². The van der Waals surface area contributed by atoms with Crippen LogP contribution >= 0.6 is 45.9 Å². The Morgan fingerprint density at radius 1 is 1.21 bits per heavy atom. The van der Waals surface area contributed by atoms with Crippen LogP contribution in [-0.4, -0.2) is 36.2 Å². The van der Waals surface area contributed by atoms with E-state index in [2.05, 4.69) is 10.3 Å². The molecule has 0 bridgehead atoms. The van der Waals surface area contributed by atoms with E-state index in [1.54, 1.807) is 12.1 Å². The summed E-state index contributed by atoms with van der Waals surface area (Å²) in [5.74, 6) is -0.376. The summed E-state index contributed by atoms with van der Waals surface area (Å²) in [6.45, 7) is 2.17. The number of fused-ring (bicyclic) bond motifs is 1. The van der Waals surface area contributed by atoms with Crippen LogP contribution in [0.3, 0.4) is 0 Å². The Labute approximate surface area is 186 Å². The third kappa shape index (κ3) is 4.04. The third-order valence-electron chi connectivity index (χ3n) is 4.85. The molecule has 1 aliphatic heterocycles. The van der Waals surface area contributed by atoms with Crippen LogP contribution in [0.1, 0.15) is 24.8 Å². The van der Waals surface area contributed by atoms with E-state index >= 15 is 0 Å². The van der Waals surface area contributed by atoms with Crippen molar-refractivity contribution >= 4 is 77.2 Å². The van der Waals surface area contributed by atoms with Gasteiger partial charge in [-0.05, 0) is 49.6 Å². The average Bonchev–Trinajstić information content (AvgIpc) is 3.31. The van der Waals surface area contributed by atoms with Gasteiger partial charge in [-0.2, -0.15) is 4.31 Å². The van der Waals surface area contributed by atoms with E-state index in [9.17, 15) is 13.2 Å². The number of sulfonamides is 1. The number of amides is 1. The number of thiazole rings is 1. The maximum Gasteiger partial charge on any atom is 0.253 e. The summed E-state index contributed by atoms with van der Waals surface area (Å²) >= 11 is 14.4. The zero-order valence-electron chi connectivity index (χ0n) is 15.3. The number of thiophene rings is 1. The molecule has 3 aromatic rings. The van der Waals surface area contributed by atoms with E-state index in [-0.39, 0.29) is 10.1 Å². The summed E-state index contributed by atoms with van der Waals surface area (Å²) < 4.78 is 28.8. The maximum atomic E-state index is 13.1. The van der Waals surface area contributed by atoms with E-state index in [0.29, 0.717) is 33.9 Å². The van der Waals surface area contributed by atoms with Gasteiger partial charge >= 0.3 is 0 Å². The molecule has 1 unspecified atom stereocenters. The SMILES string of the molecule is Cc1c(Cl)ccc2sc(NC(=O)C3CCCCN3S(=O)(=O)c3ccc(Cl)s3)nc12. The van der Waals surface area contributed by atoms with Gasteiger partial charge in [0, 0.05) is 11.6 Å². The van der Waals surface area contributed by atoms with Crippen molar-refractivity contribution in [3.8, 4) is 0 Å². The molecule has 0 saturated carbocycles. The van der Waals surface area contributed by atoms with E-state index < -0.39 is 16.1 Å². The number of aryl methyl sites for hydroxylation is 1. The molecule has 0 aliphatic carbocycles. The van der Waals surface area contributed by atoms with Crippen molar-refractivity contribution in [2.45, 2.75) is 36.4 Å². The van der Waals surface area contributed by atoms with Crippen molar-refractivity contribution in [2.75, 3.05) is 11.9 Å². The number of hydrogen-bond donors (Lipinski definition) is 1. The van der Waals surface area contributed by atoms with Gasteiger partial charge in [-0.25, -0.2) is 13.4 Å². The second kappa shape index (κ2) is 8.13. The fourth-order valence-electron chi connectivity index (χ4n) is 3.35. The Morgan fingerprint density at radius 2 is 2.00 bits per heavy atom. The number of hydrogen-bond acceptors (Lipinski definition) is 6. The molecule has 1 N–H and O–H groups in total. The molecule has 2 aromatic heterocycles. The molecule has 154 valence electrons. The third-order valence-corrected chi connectivity index (χ3v) is 9.80. The maximum absolute atomic E-state index is 13.1. The lowest BCUT2D eigenvalue weighted by Gasteiger charge is -2.32. The van der Waals surface area contributed by atoms with E-state index in [1.807, 2.05) is 13.0 Å². The molecular weight excluding hydrogens is 473 g/mol. The van der Waals surface area contributed by atoms with Crippen LogP contribution in [0.2, 0.25) is 9.36 Å². The first-order valence-electron chi connectivity index (χ1n) is 8.91. The lowest BCUT2D eigenvalue weighted by molar-refractivity contribution is -0.120. The Balaban J connectivity index is 1.60. The monoisotopic (exact) mass is 489 g/mol. The number of carbonyl (C=O) groups is 1. The molecule has 11 heteroatoms. The van der Waals surface area contributed by atoms with Gasteiger partial charge < -0.3 is 5.32 Å². The minimum atomic E-state index is -3.79. The molecular formula is C18H17Cl2N3O3S3. The number of piperidine rings is 1. The zero-order chi connectivity index (χ0) is 20.8. The van der Waals surface area contributed by atoms with Crippen LogP contribution in [0, 0.1) is 6.92 Å². The summed E-state index contributed by atoms with van der Waals surface area (Å²) in [4.78, 5) is 17.5. The molecule has 0 spiro atoms. The van der Waals surface area contributed by atoms with Crippen LogP contribution in [0.15, 0.2) is 28.5 Å². The smallest absolute Gasteiger partial charge is 0.253 e. The summed E-state index contributed by atoms with van der Waals surface area (Å²) in [5, 5.41) is 3.84. The topological polar surface area (TPSA) is 79.4 Å². The highest BCUT2D eigenvalue weighted by Crippen LogP contribution is 2.34. The lowest BCUT2D eigenvalue weighted by Crippen LogP contribution is -2.49. The quantitative estimate of drug-likeness (QED) is 0.548. The number of aromatic nitrogens is 1. The summed E-state index contributed by atoms with van der Waals surface area (Å²) in [5.41, 5.74) is 1.58.